The number of alkyl halides is 2. The van der Waals surface area contributed by atoms with E-state index in [-0.39, 0.29) is 30.3 Å². The third-order valence-electron chi connectivity index (χ3n) is 4.34. The van der Waals surface area contributed by atoms with Gasteiger partial charge in [0.2, 0.25) is 0 Å². The average molecular weight is 342 g/mol. The Labute approximate surface area is 140 Å². The van der Waals surface area contributed by atoms with E-state index in [0.29, 0.717) is 12.1 Å². The summed E-state index contributed by atoms with van der Waals surface area (Å²) in [7, 11) is 1.66. The summed E-state index contributed by atoms with van der Waals surface area (Å²) in [5, 5.41) is 12.7. The van der Waals surface area contributed by atoms with Crippen molar-refractivity contribution < 1.29 is 23.4 Å². The van der Waals surface area contributed by atoms with Crippen molar-refractivity contribution >= 4 is 6.03 Å². The summed E-state index contributed by atoms with van der Waals surface area (Å²) in [5.74, 6) is 0.141. The molecule has 1 fully saturated rings. The SMILES string of the molecule is CN(CC1CCCCC1O)C(=O)NCc1ccccc1OC(F)F. The lowest BCUT2D eigenvalue weighted by Crippen LogP contribution is -2.42. The Bertz CT molecular complexity index is 542. The monoisotopic (exact) mass is 342 g/mol. The summed E-state index contributed by atoms with van der Waals surface area (Å²) in [6.45, 7) is -2.33. The number of para-hydroxylation sites is 1. The van der Waals surface area contributed by atoms with Crippen molar-refractivity contribution in [2.24, 2.45) is 5.92 Å². The Kier molecular flexibility index (Phi) is 6.78. The zero-order valence-corrected chi connectivity index (χ0v) is 13.8. The molecule has 0 radical (unpaired) electrons. The van der Waals surface area contributed by atoms with E-state index in [0.717, 1.165) is 25.7 Å². The van der Waals surface area contributed by atoms with Crippen molar-refractivity contribution in [3.05, 3.63) is 29.8 Å². The van der Waals surface area contributed by atoms with Gasteiger partial charge < -0.3 is 20.1 Å². The summed E-state index contributed by atoms with van der Waals surface area (Å²) in [6.07, 6.45) is 3.40. The standard InChI is InChI=1S/C17H24F2N2O3/c1-21(11-13-7-2-4-8-14(13)22)17(23)20-10-12-6-3-5-9-15(12)24-16(18)19/h3,5-6,9,13-14,16,22H,2,4,7-8,10-11H2,1H3,(H,20,23). The summed E-state index contributed by atoms with van der Waals surface area (Å²) >= 11 is 0. The van der Waals surface area contributed by atoms with Crippen LogP contribution in [-0.2, 0) is 6.54 Å². The van der Waals surface area contributed by atoms with Crippen molar-refractivity contribution in [2.75, 3.05) is 13.6 Å². The lowest BCUT2D eigenvalue weighted by Gasteiger charge is -2.31. The molecular formula is C17H24F2N2O3. The number of aliphatic hydroxyl groups is 1. The first-order valence-corrected chi connectivity index (χ1v) is 8.17. The highest BCUT2D eigenvalue weighted by Gasteiger charge is 2.25. The van der Waals surface area contributed by atoms with Crippen LogP contribution >= 0.6 is 0 Å². The van der Waals surface area contributed by atoms with E-state index >= 15 is 0 Å². The summed E-state index contributed by atoms with van der Waals surface area (Å²) in [6, 6.07) is 6.06. The smallest absolute Gasteiger partial charge is 0.387 e. The van der Waals surface area contributed by atoms with Crippen LogP contribution in [0.5, 0.6) is 5.75 Å². The van der Waals surface area contributed by atoms with Gasteiger partial charge in [-0.1, -0.05) is 31.0 Å². The van der Waals surface area contributed by atoms with Gasteiger partial charge in [-0.2, -0.15) is 8.78 Å². The summed E-state index contributed by atoms with van der Waals surface area (Å²) in [5.41, 5.74) is 0.484. The lowest BCUT2D eigenvalue weighted by molar-refractivity contribution is -0.0504. The molecular weight excluding hydrogens is 318 g/mol. The van der Waals surface area contributed by atoms with Crippen LogP contribution in [0.25, 0.3) is 0 Å². The molecule has 1 aromatic carbocycles. The molecule has 2 amide bonds. The summed E-state index contributed by atoms with van der Waals surface area (Å²) in [4.78, 5) is 13.7. The Balaban J connectivity index is 1.86. The first kappa shape index (κ1) is 18.4. The maximum atomic E-state index is 12.4. The van der Waals surface area contributed by atoms with E-state index in [9.17, 15) is 18.7 Å². The minimum atomic E-state index is -2.91. The number of carbonyl (C=O) groups is 1. The van der Waals surface area contributed by atoms with Gasteiger partial charge in [-0.05, 0) is 18.9 Å². The van der Waals surface area contributed by atoms with Gasteiger partial charge in [0, 0.05) is 31.6 Å². The maximum absolute atomic E-state index is 12.4. The third kappa shape index (κ3) is 5.33. The van der Waals surface area contributed by atoms with Gasteiger partial charge in [0.1, 0.15) is 5.75 Å². The van der Waals surface area contributed by atoms with Crippen LogP contribution < -0.4 is 10.1 Å². The van der Waals surface area contributed by atoms with Crippen LogP contribution in [0.1, 0.15) is 31.2 Å². The summed E-state index contributed by atoms with van der Waals surface area (Å²) < 4.78 is 29.2. The van der Waals surface area contributed by atoms with E-state index in [4.69, 9.17) is 0 Å². The topological polar surface area (TPSA) is 61.8 Å². The molecule has 0 aromatic heterocycles. The van der Waals surface area contributed by atoms with Gasteiger partial charge in [-0.15, -0.1) is 0 Å². The molecule has 0 heterocycles. The molecule has 0 bridgehead atoms. The van der Waals surface area contributed by atoms with E-state index < -0.39 is 6.61 Å². The zero-order valence-electron chi connectivity index (χ0n) is 13.8. The van der Waals surface area contributed by atoms with Gasteiger partial charge >= 0.3 is 12.6 Å². The molecule has 0 aliphatic heterocycles. The molecule has 2 atom stereocenters. The maximum Gasteiger partial charge on any atom is 0.387 e. The fraction of sp³-hybridized carbons (Fsp3) is 0.588. The van der Waals surface area contributed by atoms with Crippen LogP contribution in [0, 0.1) is 5.92 Å². The Morgan fingerprint density at radius 1 is 1.38 bits per heavy atom. The number of halogens is 2. The van der Waals surface area contributed by atoms with Crippen LogP contribution in [0.2, 0.25) is 0 Å². The number of amides is 2. The Morgan fingerprint density at radius 2 is 2.08 bits per heavy atom. The molecule has 1 saturated carbocycles. The number of hydrogen-bond donors (Lipinski definition) is 2. The largest absolute Gasteiger partial charge is 0.434 e. The fourth-order valence-corrected chi connectivity index (χ4v) is 3.00. The van der Waals surface area contributed by atoms with Gasteiger partial charge in [0.25, 0.3) is 0 Å². The molecule has 2 N–H and O–H groups in total. The predicted molar refractivity (Wildman–Crippen MR) is 85.9 cm³/mol. The Morgan fingerprint density at radius 3 is 2.79 bits per heavy atom. The first-order chi connectivity index (χ1) is 11.5. The van der Waals surface area contributed by atoms with Crippen molar-refractivity contribution in [1.29, 1.82) is 0 Å². The molecule has 2 rings (SSSR count). The number of aliphatic hydroxyl groups excluding tert-OH is 1. The van der Waals surface area contributed by atoms with Gasteiger partial charge in [0.05, 0.1) is 6.10 Å². The highest BCUT2D eigenvalue weighted by molar-refractivity contribution is 5.73. The van der Waals surface area contributed by atoms with Crippen molar-refractivity contribution in [3.63, 3.8) is 0 Å². The predicted octanol–water partition coefficient (Wildman–Crippen LogP) is 2.98. The minimum Gasteiger partial charge on any atom is -0.434 e. The number of ether oxygens (including phenoxy) is 1. The fourth-order valence-electron chi connectivity index (χ4n) is 3.00. The van der Waals surface area contributed by atoms with E-state index in [1.54, 1.807) is 25.2 Å². The lowest BCUT2D eigenvalue weighted by atomic mass is 9.86. The number of carbonyl (C=O) groups excluding carboxylic acids is 1. The molecule has 0 spiro atoms. The number of urea groups is 1. The Hall–Kier alpha value is -1.89. The van der Waals surface area contributed by atoms with Gasteiger partial charge in [0.15, 0.2) is 0 Å². The van der Waals surface area contributed by atoms with E-state index in [2.05, 4.69) is 10.1 Å². The number of nitrogens with zero attached hydrogens (tertiary/aromatic N) is 1. The average Bonchev–Trinajstić information content (AvgIpc) is 2.55. The van der Waals surface area contributed by atoms with Crippen LogP contribution in [-0.4, -0.2) is 42.3 Å². The molecule has 134 valence electrons. The van der Waals surface area contributed by atoms with Crippen molar-refractivity contribution in [1.82, 2.24) is 10.2 Å². The quantitative estimate of drug-likeness (QED) is 0.835. The van der Waals surface area contributed by atoms with Crippen molar-refractivity contribution in [3.8, 4) is 5.75 Å². The minimum absolute atomic E-state index is 0.0538. The highest BCUT2D eigenvalue weighted by Crippen LogP contribution is 2.25. The number of nitrogens with one attached hydrogen (secondary N) is 1. The number of hydrogen-bond acceptors (Lipinski definition) is 3. The normalized spacial score (nSPS) is 20.7. The molecule has 1 aliphatic rings. The molecule has 24 heavy (non-hydrogen) atoms. The van der Waals surface area contributed by atoms with E-state index in [1.807, 2.05) is 0 Å². The molecule has 1 aliphatic carbocycles. The molecule has 1 aromatic rings. The first-order valence-electron chi connectivity index (χ1n) is 8.17. The number of benzene rings is 1. The van der Waals surface area contributed by atoms with Gasteiger partial charge in [-0.25, -0.2) is 4.79 Å². The molecule has 5 nitrogen and oxygen atoms in total. The highest BCUT2D eigenvalue weighted by atomic mass is 19.3. The van der Waals surface area contributed by atoms with Gasteiger partial charge in [-0.3, -0.25) is 0 Å². The molecule has 7 heteroatoms. The van der Waals surface area contributed by atoms with Crippen LogP contribution in [0.15, 0.2) is 24.3 Å². The second kappa shape index (κ2) is 8.82. The molecule has 2 unspecified atom stereocenters. The second-order valence-electron chi connectivity index (χ2n) is 6.14. The van der Waals surface area contributed by atoms with Crippen molar-refractivity contribution in [2.45, 2.75) is 44.9 Å². The van der Waals surface area contributed by atoms with Crippen LogP contribution in [0.3, 0.4) is 0 Å². The second-order valence-corrected chi connectivity index (χ2v) is 6.14. The van der Waals surface area contributed by atoms with Crippen LogP contribution in [0.4, 0.5) is 13.6 Å². The molecule has 0 saturated heterocycles. The zero-order chi connectivity index (χ0) is 17.5. The number of rotatable bonds is 6. The van der Waals surface area contributed by atoms with E-state index in [1.165, 1.54) is 11.0 Å². The third-order valence-corrected chi connectivity index (χ3v) is 4.34.